The zero-order valence-corrected chi connectivity index (χ0v) is 16.8. The lowest BCUT2D eigenvalue weighted by Gasteiger charge is -2.41. The fourth-order valence-electron chi connectivity index (χ4n) is 2.70. The summed E-state index contributed by atoms with van der Waals surface area (Å²) in [5.74, 6) is 0.783. The molecule has 0 aromatic heterocycles. The van der Waals surface area contributed by atoms with E-state index in [0.29, 0.717) is 19.8 Å². The minimum absolute atomic E-state index is 0.236. The van der Waals surface area contributed by atoms with Crippen LogP contribution in [0.25, 0.3) is 0 Å². The Morgan fingerprint density at radius 3 is 2.65 bits per heavy atom. The van der Waals surface area contributed by atoms with E-state index in [4.69, 9.17) is 14.2 Å². The molecule has 0 aromatic carbocycles. The first kappa shape index (κ1) is 19.2. The summed E-state index contributed by atoms with van der Waals surface area (Å²) in [6, 6.07) is 0. The number of ether oxygens (including phenoxy) is 3. The molecule has 2 rings (SSSR count). The summed E-state index contributed by atoms with van der Waals surface area (Å²) in [5, 5.41) is 0. The SMILES string of the molecule is CC(C)(C)OC(=O)N1CCCC(CI)(OCCOCC2CC2)C1. The van der Waals surface area contributed by atoms with E-state index in [2.05, 4.69) is 22.6 Å². The molecule has 5 nitrogen and oxygen atoms in total. The van der Waals surface area contributed by atoms with Gasteiger partial charge in [0.1, 0.15) is 5.60 Å². The van der Waals surface area contributed by atoms with Gasteiger partial charge in [-0.05, 0) is 52.4 Å². The Morgan fingerprint density at radius 2 is 2.04 bits per heavy atom. The van der Waals surface area contributed by atoms with Gasteiger partial charge in [0.15, 0.2) is 0 Å². The van der Waals surface area contributed by atoms with Crippen LogP contribution in [0.4, 0.5) is 4.79 Å². The first-order chi connectivity index (χ1) is 10.8. The maximum atomic E-state index is 12.3. The maximum Gasteiger partial charge on any atom is 0.410 e. The van der Waals surface area contributed by atoms with Crippen LogP contribution in [0.5, 0.6) is 0 Å². The van der Waals surface area contributed by atoms with Crippen molar-refractivity contribution in [3.8, 4) is 0 Å². The van der Waals surface area contributed by atoms with E-state index in [1.165, 1.54) is 12.8 Å². The van der Waals surface area contributed by atoms with Gasteiger partial charge in [-0.15, -0.1) is 0 Å². The van der Waals surface area contributed by atoms with Crippen molar-refractivity contribution in [3.05, 3.63) is 0 Å². The number of carbonyl (C=O) groups excluding carboxylic acids is 1. The molecule has 23 heavy (non-hydrogen) atoms. The number of amides is 1. The van der Waals surface area contributed by atoms with Crippen molar-refractivity contribution in [2.45, 2.75) is 57.7 Å². The van der Waals surface area contributed by atoms with Gasteiger partial charge in [0.2, 0.25) is 0 Å². The molecular formula is C17H30INO4. The molecule has 0 N–H and O–H groups in total. The minimum atomic E-state index is -0.459. The third-order valence-corrected chi connectivity index (χ3v) is 5.51. The number of likely N-dealkylation sites (tertiary alicyclic amines) is 1. The molecule has 1 amide bonds. The monoisotopic (exact) mass is 439 g/mol. The Hall–Kier alpha value is -0.0800. The minimum Gasteiger partial charge on any atom is -0.444 e. The van der Waals surface area contributed by atoms with Gasteiger partial charge in [-0.2, -0.15) is 0 Å². The highest BCUT2D eigenvalue weighted by atomic mass is 127. The normalized spacial score (nSPS) is 25.5. The molecule has 1 heterocycles. The van der Waals surface area contributed by atoms with Crippen LogP contribution in [-0.4, -0.2) is 59.5 Å². The molecule has 1 aliphatic carbocycles. The zero-order valence-electron chi connectivity index (χ0n) is 14.6. The first-order valence-electron chi connectivity index (χ1n) is 8.59. The fraction of sp³-hybridized carbons (Fsp3) is 0.941. The number of hydrogen-bond donors (Lipinski definition) is 0. The molecule has 0 bridgehead atoms. The highest BCUT2D eigenvalue weighted by Crippen LogP contribution is 2.30. The summed E-state index contributed by atoms with van der Waals surface area (Å²) in [7, 11) is 0. The lowest BCUT2D eigenvalue weighted by Crippen LogP contribution is -2.54. The molecule has 1 unspecified atom stereocenters. The van der Waals surface area contributed by atoms with Crippen LogP contribution in [0, 0.1) is 5.92 Å². The van der Waals surface area contributed by atoms with Crippen LogP contribution in [0.1, 0.15) is 46.5 Å². The number of halogens is 1. The summed E-state index contributed by atoms with van der Waals surface area (Å²) >= 11 is 2.36. The number of carbonyl (C=O) groups is 1. The highest BCUT2D eigenvalue weighted by molar-refractivity contribution is 14.1. The fourth-order valence-corrected chi connectivity index (χ4v) is 3.54. The molecule has 2 aliphatic rings. The molecule has 2 fully saturated rings. The van der Waals surface area contributed by atoms with Gasteiger partial charge in [-0.3, -0.25) is 0 Å². The average Bonchev–Trinajstić information content (AvgIpc) is 3.29. The standard InChI is InChI=1S/C17H30INO4/c1-16(2,3)23-15(20)19-8-4-7-17(12-18,13-19)22-10-9-21-11-14-5-6-14/h14H,4-13H2,1-3H3. The van der Waals surface area contributed by atoms with Crippen LogP contribution in [0.3, 0.4) is 0 Å². The van der Waals surface area contributed by atoms with Gasteiger partial charge in [0.25, 0.3) is 0 Å². The summed E-state index contributed by atoms with van der Waals surface area (Å²) in [4.78, 5) is 14.1. The number of piperidine rings is 1. The van der Waals surface area contributed by atoms with Crippen molar-refractivity contribution >= 4 is 28.7 Å². The number of nitrogens with zero attached hydrogens (tertiary/aromatic N) is 1. The van der Waals surface area contributed by atoms with Crippen molar-refractivity contribution in [1.29, 1.82) is 0 Å². The van der Waals surface area contributed by atoms with Crippen LogP contribution in [0.2, 0.25) is 0 Å². The van der Waals surface area contributed by atoms with E-state index in [-0.39, 0.29) is 11.7 Å². The molecule has 0 radical (unpaired) electrons. The van der Waals surface area contributed by atoms with Gasteiger partial charge in [0, 0.05) is 17.6 Å². The smallest absolute Gasteiger partial charge is 0.410 e. The predicted octanol–water partition coefficient (Wildman–Crippen LogP) is 3.63. The van der Waals surface area contributed by atoms with Crippen molar-refractivity contribution < 1.29 is 19.0 Å². The Kier molecular flexibility index (Phi) is 6.98. The van der Waals surface area contributed by atoms with E-state index in [9.17, 15) is 4.79 Å². The molecule has 134 valence electrons. The lowest BCUT2D eigenvalue weighted by molar-refractivity contribution is -0.0895. The molecule has 6 heteroatoms. The Balaban J connectivity index is 1.78. The van der Waals surface area contributed by atoms with E-state index in [1.807, 2.05) is 20.8 Å². The molecule has 1 aliphatic heterocycles. The summed E-state index contributed by atoms with van der Waals surface area (Å²) in [6.07, 6.45) is 4.32. The number of alkyl halides is 1. The summed E-state index contributed by atoms with van der Waals surface area (Å²) < 4.78 is 18.2. The Bertz CT molecular complexity index is 395. The van der Waals surface area contributed by atoms with E-state index in [0.717, 1.165) is 36.3 Å². The van der Waals surface area contributed by atoms with E-state index in [1.54, 1.807) is 4.90 Å². The second-order valence-electron chi connectivity index (χ2n) is 7.69. The lowest BCUT2D eigenvalue weighted by atomic mass is 9.95. The van der Waals surface area contributed by atoms with Crippen LogP contribution in [0.15, 0.2) is 0 Å². The second kappa shape index (κ2) is 8.34. The first-order valence-corrected chi connectivity index (χ1v) is 10.1. The topological polar surface area (TPSA) is 48.0 Å². The van der Waals surface area contributed by atoms with Gasteiger partial charge in [-0.1, -0.05) is 22.6 Å². The largest absolute Gasteiger partial charge is 0.444 e. The zero-order chi connectivity index (χ0) is 16.9. The average molecular weight is 439 g/mol. The van der Waals surface area contributed by atoms with Crippen molar-refractivity contribution in [2.75, 3.05) is 37.3 Å². The summed E-state index contributed by atoms with van der Waals surface area (Å²) in [5.41, 5.74) is -0.725. The molecule has 0 spiro atoms. The van der Waals surface area contributed by atoms with Gasteiger partial charge in [0.05, 0.1) is 25.4 Å². The molecule has 0 aromatic rings. The molecule has 1 atom stereocenters. The third-order valence-electron chi connectivity index (χ3n) is 4.12. The van der Waals surface area contributed by atoms with E-state index >= 15 is 0 Å². The Labute approximate surface area is 153 Å². The maximum absolute atomic E-state index is 12.3. The van der Waals surface area contributed by atoms with E-state index < -0.39 is 5.60 Å². The summed E-state index contributed by atoms with van der Waals surface area (Å²) in [6.45, 7) is 9.14. The molecular weight excluding hydrogens is 409 g/mol. The predicted molar refractivity (Wildman–Crippen MR) is 98.2 cm³/mol. The molecule has 1 saturated heterocycles. The quantitative estimate of drug-likeness (QED) is 0.345. The Morgan fingerprint density at radius 1 is 1.30 bits per heavy atom. The van der Waals surface area contributed by atoms with Gasteiger partial charge < -0.3 is 19.1 Å². The third kappa shape index (κ3) is 6.74. The highest BCUT2D eigenvalue weighted by Gasteiger charge is 2.38. The van der Waals surface area contributed by atoms with Gasteiger partial charge >= 0.3 is 6.09 Å². The van der Waals surface area contributed by atoms with Crippen molar-refractivity contribution in [1.82, 2.24) is 4.90 Å². The van der Waals surface area contributed by atoms with Crippen LogP contribution < -0.4 is 0 Å². The molecule has 1 saturated carbocycles. The van der Waals surface area contributed by atoms with Crippen molar-refractivity contribution in [2.24, 2.45) is 5.92 Å². The van der Waals surface area contributed by atoms with Crippen LogP contribution >= 0.6 is 22.6 Å². The number of hydrogen-bond acceptors (Lipinski definition) is 4. The second-order valence-corrected chi connectivity index (χ2v) is 8.45. The van der Waals surface area contributed by atoms with Gasteiger partial charge in [-0.25, -0.2) is 4.79 Å². The van der Waals surface area contributed by atoms with Crippen LogP contribution in [-0.2, 0) is 14.2 Å². The number of rotatable bonds is 7. The van der Waals surface area contributed by atoms with Crippen molar-refractivity contribution in [3.63, 3.8) is 0 Å².